The van der Waals surface area contributed by atoms with Gasteiger partial charge in [-0.25, -0.2) is 0 Å². The quantitative estimate of drug-likeness (QED) is 0.410. The number of methoxy groups -OCH3 is 2. The zero-order valence-corrected chi connectivity index (χ0v) is 17.3. The first-order valence-electron chi connectivity index (χ1n) is 8.70. The van der Waals surface area contributed by atoms with Crippen molar-refractivity contribution in [3.05, 3.63) is 23.8 Å². The Labute approximate surface area is 152 Å². The molecule has 1 rings (SSSR count). The van der Waals surface area contributed by atoms with Crippen LogP contribution in [0.1, 0.15) is 25.8 Å². The molecule has 0 fully saturated rings. The van der Waals surface area contributed by atoms with E-state index in [0.717, 1.165) is 41.1 Å². The Bertz CT molecular complexity index is 567. The Hall–Kier alpha value is -1.07. The third-order valence-electron chi connectivity index (χ3n) is 3.93. The zero-order chi connectivity index (χ0) is 18.9. The van der Waals surface area contributed by atoms with Crippen molar-refractivity contribution in [2.24, 2.45) is 0 Å². The minimum atomic E-state index is -2.97. The third-order valence-corrected chi connectivity index (χ3v) is 6.10. The Morgan fingerprint density at radius 1 is 1.04 bits per heavy atom. The molecule has 25 heavy (non-hydrogen) atoms. The van der Waals surface area contributed by atoms with E-state index in [2.05, 4.69) is 14.1 Å². The van der Waals surface area contributed by atoms with E-state index in [1.54, 1.807) is 14.2 Å². The zero-order valence-electron chi connectivity index (χ0n) is 16.4. The molecular formula is C18H33NO5P+. The lowest BCUT2D eigenvalue weighted by atomic mass is 10.1. The van der Waals surface area contributed by atoms with E-state index in [9.17, 15) is 4.57 Å². The molecule has 0 aliphatic carbocycles. The summed E-state index contributed by atoms with van der Waals surface area (Å²) < 4.78 is 34.9. The molecule has 0 bridgehead atoms. The predicted molar refractivity (Wildman–Crippen MR) is 101 cm³/mol. The second kappa shape index (κ2) is 10.2. The minimum absolute atomic E-state index is 0.399. The molecule has 0 atom stereocenters. The lowest BCUT2D eigenvalue weighted by Gasteiger charge is -2.31. The topological polar surface area (TPSA) is 54.0 Å². The maximum Gasteiger partial charge on any atom is 0.330 e. The predicted octanol–water partition coefficient (Wildman–Crippen LogP) is 3.94. The van der Waals surface area contributed by atoms with Crippen molar-refractivity contribution in [1.29, 1.82) is 0 Å². The number of hydrogen-bond donors (Lipinski definition) is 0. The maximum atomic E-state index is 12.6. The first kappa shape index (κ1) is 22.0. The molecule has 1 aromatic carbocycles. The maximum absolute atomic E-state index is 12.6. The van der Waals surface area contributed by atoms with Crippen LogP contribution in [0.3, 0.4) is 0 Å². The van der Waals surface area contributed by atoms with Crippen LogP contribution < -0.4 is 9.47 Å². The number of hydrogen-bond acceptors (Lipinski definition) is 5. The number of nitrogens with zero attached hydrogens (tertiary/aromatic N) is 1. The molecule has 0 N–H and O–H groups in total. The first-order valence-corrected chi connectivity index (χ1v) is 10.4. The number of quaternary nitrogens is 1. The summed E-state index contributed by atoms with van der Waals surface area (Å²) in [5.74, 6) is 1.50. The van der Waals surface area contributed by atoms with Crippen molar-refractivity contribution in [3.63, 3.8) is 0 Å². The van der Waals surface area contributed by atoms with Gasteiger partial charge in [-0.1, -0.05) is 6.07 Å². The molecule has 144 valence electrons. The SMILES string of the molecule is CCOP(=O)(CCC[N+](C)(C)Cc1cccc(OC)c1OC)OCC. The summed E-state index contributed by atoms with van der Waals surface area (Å²) in [5, 5.41) is 0. The van der Waals surface area contributed by atoms with Gasteiger partial charge in [0.2, 0.25) is 0 Å². The second-order valence-corrected chi connectivity index (χ2v) is 8.68. The van der Waals surface area contributed by atoms with Gasteiger partial charge in [0.15, 0.2) is 11.5 Å². The van der Waals surface area contributed by atoms with Crippen LogP contribution in [0.4, 0.5) is 0 Å². The first-order chi connectivity index (χ1) is 11.8. The molecule has 0 aliphatic rings. The summed E-state index contributed by atoms with van der Waals surface area (Å²) in [6.45, 7) is 6.10. The van der Waals surface area contributed by atoms with Crippen molar-refractivity contribution < 1.29 is 27.6 Å². The molecule has 1 aromatic rings. The summed E-state index contributed by atoms with van der Waals surface area (Å²) in [6, 6.07) is 5.91. The molecule has 0 aromatic heterocycles. The Kier molecular flexibility index (Phi) is 8.94. The van der Waals surface area contributed by atoms with Crippen molar-refractivity contribution in [2.75, 3.05) is 54.2 Å². The monoisotopic (exact) mass is 374 g/mol. The molecule has 0 spiro atoms. The fraction of sp³-hybridized carbons (Fsp3) is 0.667. The van der Waals surface area contributed by atoms with Gasteiger partial charge in [0.05, 0.1) is 59.8 Å². The van der Waals surface area contributed by atoms with Crippen molar-refractivity contribution in [1.82, 2.24) is 0 Å². The molecule has 0 saturated carbocycles. The van der Waals surface area contributed by atoms with Gasteiger partial charge < -0.3 is 23.0 Å². The van der Waals surface area contributed by atoms with E-state index < -0.39 is 7.60 Å². The number of rotatable bonds is 12. The van der Waals surface area contributed by atoms with Gasteiger partial charge in [-0.15, -0.1) is 0 Å². The van der Waals surface area contributed by atoms with Gasteiger partial charge in [0.1, 0.15) is 6.54 Å². The highest BCUT2D eigenvalue weighted by Crippen LogP contribution is 2.48. The fourth-order valence-corrected chi connectivity index (χ4v) is 4.52. The van der Waals surface area contributed by atoms with Crippen LogP contribution in [-0.4, -0.2) is 58.7 Å². The lowest BCUT2D eigenvalue weighted by molar-refractivity contribution is -0.903. The van der Waals surface area contributed by atoms with Gasteiger partial charge in [-0.3, -0.25) is 4.57 Å². The van der Waals surface area contributed by atoms with E-state index in [1.807, 2.05) is 32.0 Å². The van der Waals surface area contributed by atoms with Gasteiger partial charge in [-0.2, -0.15) is 0 Å². The summed E-state index contributed by atoms with van der Waals surface area (Å²) in [7, 11) is 4.61. The summed E-state index contributed by atoms with van der Waals surface area (Å²) in [5.41, 5.74) is 1.09. The van der Waals surface area contributed by atoms with Gasteiger partial charge in [-0.05, 0) is 26.0 Å². The van der Waals surface area contributed by atoms with Crippen LogP contribution in [-0.2, 0) is 20.2 Å². The molecular weight excluding hydrogens is 341 g/mol. The molecule has 7 heteroatoms. The van der Waals surface area contributed by atoms with Crippen LogP contribution >= 0.6 is 7.60 Å². The Morgan fingerprint density at radius 2 is 1.68 bits per heavy atom. The Morgan fingerprint density at radius 3 is 2.20 bits per heavy atom. The standard InChI is InChI=1S/C18H33NO5P/c1-7-23-25(20,24-8-2)14-10-13-19(3,4)15-16-11-9-12-17(21-5)18(16)22-6/h9,11-12H,7-8,10,13-15H2,1-6H3/q+1. The largest absolute Gasteiger partial charge is 0.493 e. The van der Waals surface area contributed by atoms with Gasteiger partial charge in [0.25, 0.3) is 0 Å². The smallest absolute Gasteiger partial charge is 0.330 e. The molecule has 0 unspecified atom stereocenters. The number of benzene rings is 1. The van der Waals surface area contributed by atoms with E-state index in [1.165, 1.54) is 0 Å². The highest BCUT2D eigenvalue weighted by molar-refractivity contribution is 7.53. The normalized spacial score (nSPS) is 12.2. The second-order valence-electron chi connectivity index (χ2n) is 6.49. The summed E-state index contributed by atoms with van der Waals surface area (Å²) in [4.78, 5) is 0. The van der Waals surface area contributed by atoms with E-state index >= 15 is 0 Å². The van der Waals surface area contributed by atoms with E-state index in [0.29, 0.717) is 19.4 Å². The van der Waals surface area contributed by atoms with Crippen LogP contribution in [0.25, 0.3) is 0 Å². The van der Waals surface area contributed by atoms with Crippen LogP contribution in [0.5, 0.6) is 11.5 Å². The molecule has 0 aliphatic heterocycles. The fourth-order valence-electron chi connectivity index (χ4n) is 2.87. The highest BCUT2D eigenvalue weighted by Gasteiger charge is 2.26. The van der Waals surface area contributed by atoms with Crippen LogP contribution in [0.15, 0.2) is 18.2 Å². The molecule has 0 saturated heterocycles. The molecule has 6 nitrogen and oxygen atoms in total. The molecule has 0 amide bonds. The molecule has 0 heterocycles. The Balaban J connectivity index is 2.72. The van der Waals surface area contributed by atoms with Crippen LogP contribution in [0.2, 0.25) is 0 Å². The lowest BCUT2D eigenvalue weighted by Crippen LogP contribution is -2.40. The molecule has 0 radical (unpaired) electrons. The highest BCUT2D eigenvalue weighted by atomic mass is 31.2. The van der Waals surface area contributed by atoms with Crippen molar-refractivity contribution in [3.8, 4) is 11.5 Å². The summed E-state index contributed by atoms with van der Waals surface area (Å²) in [6.07, 6.45) is 1.20. The average Bonchev–Trinajstić information content (AvgIpc) is 2.54. The average molecular weight is 374 g/mol. The third kappa shape index (κ3) is 6.98. The van der Waals surface area contributed by atoms with Gasteiger partial charge >= 0.3 is 7.60 Å². The van der Waals surface area contributed by atoms with E-state index in [-0.39, 0.29) is 0 Å². The number of para-hydroxylation sites is 1. The van der Waals surface area contributed by atoms with Gasteiger partial charge in [0, 0.05) is 6.42 Å². The minimum Gasteiger partial charge on any atom is -0.493 e. The summed E-state index contributed by atoms with van der Waals surface area (Å²) >= 11 is 0. The van der Waals surface area contributed by atoms with Crippen molar-refractivity contribution >= 4 is 7.60 Å². The van der Waals surface area contributed by atoms with E-state index in [4.69, 9.17) is 18.5 Å². The number of ether oxygens (including phenoxy) is 2. The van der Waals surface area contributed by atoms with Crippen molar-refractivity contribution in [2.45, 2.75) is 26.8 Å². The van der Waals surface area contributed by atoms with Crippen LogP contribution in [0, 0.1) is 0 Å².